The Morgan fingerprint density at radius 3 is 2.18 bits per heavy atom. The molecule has 22 heavy (non-hydrogen) atoms. The Balaban J connectivity index is 2.45. The standard InChI is InChI=1S/C20H26N2/c1-19(2,3)15-10-11-18(17(13-15)20(4,5)6)22-14-16-9-7-8-12-21-16/h7-14H,1-6H3. The maximum atomic E-state index is 4.68. The molecular weight excluding hydrogens is 268 g/mol. The Labute approximate surface area is 134 Å². The molecule has 0 saturated heterocycles. The van der Waals surface area contributed by atoms with Crippen molar-refractivity contribution in [3.05, 3.63) is 59.4 Å². The van der Waals surface area contributed by atoms with Crippen LogP contribution in [0.2, 0.25) is 0 Å². The number of hydrogen-bond acceptors (Lipinski definition) is 2. The zero-order valence-corrected chi connectivity index (χ0v) is 14.5. The molecule has 2 rings (SSSR count). The van der Waals surface area contributed by atoms with Crippen LogP contribution in [0.1, 0.15) is 58.4 Å². The molecule has 0 bridgehead atoms. The van der Waals surface area contributed by atoms with Crippen molar-refractivity contribution in [1.29, 1.82) is 0 Å². The lowest BCUT2D eigenvalue weighted by Gasteiger charge is -2.26. The van der Waals surface area contributed by atoms with Gasteiger partial charge in [-0.05, 0) is 40.2 Å². The second kappa shape index (κ2) is 6.04. The largest absolute Gasteiger partial charge is 0.255 e. The first-order valence-corrected chi connectivity index (χ1v) is 7.78. The molecule has 2 aromatic rings. The van der Waals surface area contributed by atoms with Crippen LogP contribution in [-0.4, -0.2) is 11.2 Å². The summed E-state index contributed by atoms with van der Waals surface area (Å²) in [5.41, 5.74) is 4.70. The van der Waals surface area contributed by atoms with Crippen LogP contribution in [0.4, 0.5) is 5.69 Å². The lowest BCUT2D eigenvalue weighted by molar-refractivity contribution is 0.569. The second-order valence-corrected chi connectivity index (χ2v) is 7.74. The average Bonchev–Trinajstić information content (AvgIpc) is 2.44. The predicted molar refractivity (Wildman–Crippen MR) is 95.3 cm³/mol. The summed E-state index contributed by atoms with van der Waals surface area (Å²) in [6, 6.07) is 12.5. The van der Waals surface area contributed by atoms with Gasteiger partial charge in [-0.2, -0.15) is 0 Å². The SMILES string of the molecule is CC(C)(C)c1ccc(N=Cc2ccccn2)c(C(C)(C)C)c1. The van der Waals surface area contributed by atoms with Crippen molar-refractivity contribution in [3.8, 4) is 0 Å². The molecule has 0 aliphatic heterocycles. The molecule has 1 aromatic heterocycles. The van der Waals surface area contributed by atoms with E-state index in [1.807, 2.05) is 24.4 Å². The third-order valence-corrected chi connectivity index (χ3v) is 3.69. The van der Waals surface area contributed by atoms with Gasteiger partial charge in [0, 0.05) is 6.20 Å². The Morgan fingerprint density at radius 1 is 0.909 bits per heavy atom. The van der Waals surface area contributed by atoms with Gasteiger partial charge in [-0.1, -0.05) is 59.7 Å². The van der Waals surface area contributed by atoms with Crippen molar-refractivity contribution in [2.75, 3.05) is 0 Å². The highest BCUT2D eigenvalue weighted by molar-refractivity contribution is 5.80. The third kappa shape index (κ3) is 4.03. The van der Waals surface area contributed by atoms with E-state index in [9.17, 15) is 0 Å². The van der Waals surface area contributed by atoms with Gasteiger partial charge < -0.3 is 0 Å². The number of hydrogen-bond donors (Lipinski definition) is 0. The lowest BCUT2D eigenvalue weighted by atomic mass is 9.80. The minimum Gasteiger partial charge on any atom is -0.255 e. The van der Waals surface area contributed by atoms with Crippen molar-refractivity contribution >= 4 is 11.9 Å². The molecule has 0 fully saturated rings. The molecule has 116 valence electrons. The zero-order valence-electron chi connectivity index (χ0n) is 14.5. The molecule has 2 nitrogen and oxygen atoms in total. The van der Waals surface area contributed by atoms with Crippen molar-refractivity contribution in [1.82, 2.24) is 4.98 Å². The molecule has 0 amide bonds. The molecule has 1 aromatic carbocycles. The monoisotopic (exact) mass is 294 g/mol. The quantitative estimate of drug-likeness (QED) is 0.678. The Morgan fingerprint density at radius 2 is 1.64 bits per heavy atom. The molecule has 0 saturated carbocycles. The van der Waals surface area contributed by atoms with E-state index in [1.54, 1.807) is 6.20 Å². The van der Waals surface area contributed by atoms with Crippen molar-refractivity contribution < 1.29 is 0 Å². The molecule has 2 heteroatoms. The number of pyridine rings is 1. The number of aliphatic imine (C=N–C) groups is 1. The maximum absolute atomic E-state index is 4.68. The maximum Gasteiger partial charge on any atom is 0.0812 e. The number of benzene rings is 1. The minimum atomic E-state index is 0.0536. The van der Waals surface area contributed by atoms with Gasteiger partial charge in [0.15, 0.2) is 0 Å². The van der Waals surface area contributed by atoms with Gasteiger partial charge in [0.25, 0.3) is 0 Å². The lowest BCUT2D eigenvalue weighted by Crippen LogP contribution is -2.16. The summed E-state index contributed by atoms with van der Waals surface area (Å²) >= 11 is 0. The van der Waals surface area contributed by atoms with Gasteiger partial charge in [0.2, 0.25) is 0 Å². The molecular formula is C20H26N2. The van der Waals surface area contributed by atoms with Crippen LogP contribution in [0, 0.1) is 0 Å². The van der Waals surface area contributed by atoms with Gasteiger partial charge in [-0.3, -0.25) is 9.98 Å². The first-order valence-electron chi connectivity index (χ1n) is 7.78. The summed E-state index contributed by atoms with van der Waals surface area (Å²) in [5, 5.41) is 0. The minimum absolute atomic E-state index is 0.0536. The zero-order chi connectivity index (χ0) is 16.4. The van der Waals surface area contributed by atoms with Crippen LogP contribution in [0.3, 0.4) is 0 Å². The highest BCUT2D eigenvalue weighted by Crippen LogP contribution is 2.35. The van der Waals surface area contributed by atoms with Crippen LogP contribution >= 0.6 is 0 Å². The molecule has 0 aliphatic carbocycles. The van der Waals surface area contributed by atoms with E-state index >= 15 is 0 Å². The van der Waals surface area contributed by atoms with Crippen LogP contribution < -0.4 is 0 Å². The molecule has 0 N–H and O–H groups in total. The first kappa shape index (κ1) is 16.4. The molecule has 0 radical (unpaired) electrons. The van der Waals surface area contributed by atoms with E-state index in [1.165, 1.54) is 11.1 Å². The summed E-state index contributed by atoms with van der Waals surface area (Å²) < 4.78 is 0. The fourth-order valence-electron chi connectivity index (χ4n) is 2.30. The van der Waals surface area contributed by atoms with Crippen LogP contribution in [-0.2, 0) is 10.8 Å². The molecule has 0 aliphatic rings. The average molecular weight is 294 g/mol. The van der Waals surface area contributed by atoms with Crippen LogP contribution in [0.25, 0.3) is 0 Å². The van der Waals surface area contributed by atoms with Gasteiger partial charge in [-0.25, -0.2) is 0 Å². The number of rotatable bonds is 2. The van der Waals surface area contributed by atoms with E-state index in [2.05, 4.69) is 69.7 Å². The number of nitrogens with zero attached hydrogens (tertiary/aromatic N) is 2. The predicted octanol–water partition coefficient (Wildman–Crippen LogP) is 5.43. The number of aromatic nitrogens is 1. The first-order chi connectivity index (χ1) is 10.2. The van der Waals surface area contributed by atoms with Crippen molar-refractivity contribution in [3.63, 3.8) is 0 Å². The van der Waals surface area contributed by atoms with Gasteiger partial charge in [0.1, 0.15) is 0 Å². The Bertz CT molecular complexity index is 656. The van der Waals surface area contributed by atoms with Gasteiger partial charge in [0.05, 0.1) is 17.6 Å². The van der Waals surface area contributed by atoms with E-state index in [0.717, 1.165) is 11.4 Å². The van der Waals surface area contributed by atoms with E-state index in [-0.39, 0.29) is 10.8 Å². The summed E-state index contributed by atoms with van der Waals surface area (Å²) in [4.78, 5) is 8.97. The normalized spacial score (nSPS) is 12.8. The van der Waals surface area contributed by atoms with Crippen LogP contribution in [0.5, 0.6) is 0 Å². The smallest absolute Gasteiger partial charge is 0.0812 e. The van der Waals surface area contributed by atoms with Gasteiger partial charge in [-0.15, -0.1) is 0 Å². The van der Waals surface area contributed by atoms with Crippen LogP contribution in [0.15, 0.2) is 47.6 Å². The van der Waals surface area contributed by atoms with Crippen molar-refractivity contribution in [2.24, 2.45) is 4.99 Å². The van der Waals surface area contributed by atoms with E-state index < -0.39 is 0 Å². The second-order valence-electron chi connectivity index (χ2n) is 7.74. The Hall–Kier alpha value is -1.96. The van der Waals surface area contributed by atoms with Gasteiger partial charge >= 0.3 is 0 Å². The summed E-state index contributed by atoms with van der Waals surface area (Å²) in [7, 11) is 0. The molecule has 0 spiro atoms. The molecule has 1 heterocycles. The fourth-order valence-corrected chi connectivity index (χ4v) is 2.30. The fraction of sp³-hybridized carbons (Fsp3) is 0.400. The highest BCUT2D eigenvalue weighted by Gasteiger charge is 2.21. The highest BCUT2D eigenvalue weighted by atomic mass is 14.8. The summed E-state index contributed by atoms with van der Waals surface area (Å²) in [6.07, 6.45) is 3.62. The Kier molecular flexibility index (Phi) is 4.50. The topological polar surface area (TPSA) is 25.2 Å². The van der Waals surface area contributed by atoms with E-state index in [4.69, 9.17) is 0 Å². The van der Waals surface area contributed by atoms with E-state index in [0.29, 0.717) is 0 Å². The third-order valence-electron chi connectivity index (χ3n) is 3.69. The van der Waals surface area contributed by atoms with Crippen molar-refractivity contribution in [2.45, 2.75) is 52.4 Å². The molecule has 0 unspecified atom stereocenters. The molecule has 0 atom stereocenters. The summed E-state index contributed by atoms with van der Waals surface area (Å²) in [6.45, 7) is 13.4. The summed E-state index contributed by atoms with van der Waals surface area (Å²) in [5.74, 6) is 0.